The Bertz CT molecular complexity index is 515. The Morgan fingerprint density at radius 2 is 1.75 bits per heavy atom. The van der Waals surface area contributed by atoms with Crippen LogP contribution in [0.3, 0.4) is 0 Å². The second-order valence-electron chi connectivity index (χ2n) is 3.56. The van der Waals surface area contributed by atoms with Gasteiger partial charge >= 0.3 is 11.9 Å². The van der Waals surface area contributed by atoms with E-state index in [-0.39, 0.29) is 28.9 Å². The van der Waals surface area contributed by atoms with Crippen LogP contribution >= 0.6 is 0 Å². The predicted octanol–water partition coefficient (Wildman–Crippen LogP) is 1.21. The van der Waals surface area contributed by atoms with Crippen LogP contribution in [0.2, 0.25) is 0 Å². The first-order valence-corrected chi connectivity index (χ1v) is 4.68. The fourth-order valence-electron chi connectivity index (χ4n) is 1.95. The summed E-state index contributed by atoms with van der Waals surface area (Å²) in [5.74, 6) is -3.00. The number of carboxylic acids is 2. The normalized spacial score (nSPS) is 13.6. The number of rotatable bonds is 2. The molecular formula is C11H8O5. The summed E-state index contributed by atoms with van der Waals surface area (Å²) >= 11 is 0. The molecule has 0 fully saturated rings. The molecule has 0 aromatic heterocycles. The molecule has 0 saturated heterocycles. The standard InChI is InChI=1S/C11H8O5/c12-7-4-2-5-1-3-6(10(13)14)9(8(5)7)11(15)16/h1,3H,2,4H2,(H,13,14)(H,15,16). The number of aromatic carboxylic acids is 2. The number of carbonyl (C=O) groups is 3. The summed E-state index contributed by atoms with van der Waals surface area (Å²) in [5, 5.41) is 17.8. The Kier molecular flexibility index (Phi) is 2.23. The SMILES string of the molecule is O=C(O)c1ccc2c(c1C(=O)O)C(=O)CC2. The molecule has 0 spiro atoms. The Hall–Kier alpha value is -2.17. The lowest BCUT2D eigenvalue weighted by atomic mass is 9.97. The lowest BCUT2D eigenvalue weighted by Crippen LogP contribution is -2.13. The summed E-state index contributed by atoms with van der Waals surface area (Å²) in [4.78, 5) is 33.4. The molecule has 1 aromatic rings. The molecule has 5 nitrogen and oxygen atoms in total. The first kappa shape index (κ1) is 10.4. The van der Waals surface area contributed by atoms with Gasteiger partial charge in [0.1, 0.15) is 0 Å². The third-order valence-electron chi connectivity index (χ3n) is 2.64. The van der Waals surface area contributed by atoms with Crippen molar-refractivity contribution in [1.29, 1.82) is 0 Å². The van der Waals surface area contributed by atoms with Crippen LogP contribution < -0.4 is 0 Å². The van der Waals surface area contributed by atoms with Crippen molar-refractivity contribution in [2.24, 2.45) is 0 Å². The number of fused-ring (bicyclic) bond motifs is 1. The number of Topliss-reactive ketones (excluding diaryl/α,β-unsaturated/α-hetero) is 1. The fourth-order valence-corrected chi connectivity index (χ4v) is 1.95. The summed E-state index contributed by atoms with van der Waals surface area (Å²) in [6, 6.07) is 2.75. The van der Waals surface area contributed by atoms with Crippen molar-refractivity contribution in [3.8, 4) is 0 Å². The van der Waals surface area contributed by atoms with Gasteiger partial charge in [0.05, 0.1) is 11.1 Å². The Morgan fingerprint density at radius 1 is 1.06 bits per heavy atom. The molecular weight excluding hydrogens is 212 g/mol. The summed E-state index contributed by atoms with van der Waals surface area (Å²) in [7, 11) is 0. The Morgan fingerprint density at radius 3 is 2.31 bits per heavy atom. The maximum atomic E-state index is 11.5. The Labute approximate surface area is 90.3 Å². The average Bonchev–Trinajstić information content (AvgIpc) is 2.59. The van der Waals surface area contributed by atoms with Gasteiger partial charge in [0.25, 0.3) is 0 Å². The highest BCUT2D eigenvalue weighted by Gasteiger charge is 2.30. The number of aryl methyl sites for hydroxylation is 1. The second-order valence-corrected chi connectivity index (χ2v) is 3.56. The zero-order valence-electron chi connectivity index (χ0n) is 8.19. The minimum Gasteiger partial charge on any atom is -0.478 e. The van der Waals surface area contributed by atoms with Crippen molar-refractivity contribution < 1.29 is 24.6 Å². The fraction of sp³-hybridized carbons (Fsp3) is 0.182. The van der Waals surface area contributed by atoms with E-state index >= 15 is 0 Å². The molecule has 0 atom stereocenters. The lowest BCUT2D eigenvalue weighted by molar-refractivity contribution is 0.0649. The quantitative estimate of drug-likeness (QED) is 0.781. The molecule has 0 aliphatic heterocycles. The number of hydrogen-bond donors (Lipinski definition) is 2. The highest BCUT2D eigenvalue weighted by Crippen LogP contribution is 2.28. The van der Waals surface area contributed by atoms with Gasteiger partial charge in [0.15, 0.2) is 5.78 Å². The highest BCUT2D eigenvalue weighted by molar-refractivity contribution is 6.13. The van der Waals surface area contributed by atoms with Gasteiger partial charge in [0.2, 0.25) is 0 Å². The van der Waals surface area contributed by atoms with Gasteiger partial charge in [-0.3, -0.25) is 4.79 Å². The van der Waals surface area contributed by atoms with E-state index in [1.807, 2.05) is 0 Å². The largest absolute Gasteiger partial charge is 0.478 e. The Balaban J connectivity index is 2.78. The van der Waals surface area contributed by atoms with Crippen LogP contribution in [0.4, 0.5) is 0 Å². The molecule has 5 heteroatoms. The van der Waals surface area contributed by atoms with Gasteiger partial charge in [0, 0.05) is 12.0 Å². The minimum atomic E-state index is -1.37. The van der Waals surface area contributed by atoms with Gasteiger partial charge in [-0.1, -0.05) is 6.07 Å². The van der Waals surface area contributed by atoms with Gasteiger partial charge < -0.3 is 10.2 Å². The molecule has 82 valence electrons. The van der Waals surface area contributed by atoms with Gasteiger partial charge in [-0.2, -0.15) is 0 Å². The number of benzene rings is 1. The molecule has 0 heterocycles. The first-order valence-electron chi connectivity index (χ1n) is 4.68. The molecule has 2 rings (SSSR count). The van der Waals surface area contributed by atoms with Crippen molar-refractivity contribution in [3.05, 3.63) is 34.4 Å². The average molecular weight is 220 g/mol. The van der Waals surface area contributed by atoms with Crippen LogP contribution in [0.1, 0.15) is 43.1 Å². The third kappa shape index (κ3) is 1.37. The van der Waals surface area contributed by atoms with E-state index in [2.05, 4.69) is 0 Å². The van der Waals surface area contributed by atoms with Crippen LogP contribution in [0.15, 0.2) is 12.1 Å². The molecule has 16 heavy (non-hydrogen) atoms. The van der Waals surface area contributed by atoms with Gasteiger partial charge in [-0.25, -0.2) is 9.59 Å². The van der Waals surface area contributed by atoms with Crippen LogP contribution in [-0.2, 0) is 6.42 Å². The molecule has 2 N–H and O–H groups in total. The molecule has 1 aromatic carbocycles. The van der Waals surface area contributed by atoms with E-state index < -0.39 is 11.9 Å². The van der Waals surface area contributed by atoms with Gasteiger partial charge in [-0.15, -0.1) is 0 Å². The number of ketones is 1. The second kappa shape index (κ2) is 3.44. The smallest absolute Gasteiger partial charge is 0.337 e. The molecule has 1 aliphatic carbocycles. The van der Waals surface area contributed by atoms with E-state index in [1.165, 1.54) is 12.1 Å². The van der Waals surface area contributed by atoms with Crippen molar-refractivity contribution in [3.63, 3.8) is 0 Å². The van der Waals surface area contributed by atoms with E-state index in [1.54, 1.807) is 0 Å². The maximum Gasteiger partial charge on any atom is 0.337 e. The maximum absolute atomic E-state index is 11.5. The molecule has 0 radical (unpaired) electrons. The first-order chi connectivity index (χ1) is 7.52. The molecule has 1 aliphatic rings. The molecule has 0 saturated carbocycles. The van der Waals surface area contributed by atoms with Crippen LogP contribution in [0.25, 0.3) is 0 Å². The topological polar surface area (TPSA) is 91.7 Å². The molecule has 0 bridgehead atoms. The van der Waals surface area contributed by atoms with Crippen LogP contribution in [0, 0.1) is 0 Å². The highest BCUT2D eigenvalue weighted by atomic mass is 16.4. The zero-order valence-corrected chi connectivity index (χ0v) is 8.19. The number of hydrogen-bond acceptors (Lipinski definition) is 3. The van der Waals surface area contributed by atoms with Crippen LogP contribution in [0.5, 0.6) is 0 Å². The zero-order chi connectivity index (χ0) is 11.9. The lowest BCUT2D eigenvalue weighted by Gasteiger charge is -2.06. The molecule has 0 unspecified atom stereocenters. The number of carboxylic acid groups (broad SMARTS) is 2. The summed E-state index contributed by atoms with van der Waals surface area (Å²) < 4.78 is 0. The summed E-state index contributed by atoms with van der Waals surface area (Å²) in [5.41, 5.74) is -0.0335. The van der Waals surface area contributed by atoms with Gasteiger partial charge in [-0.05, 0) is 18.1 Å². The summed E-state index contributed by atoms with van der Waals surface area (Å²) in [6.45, 7) is 0. The van der Waals surface area contributed by atoms with E-state index in [4.69, 9.17) is 10.2 Å². The van der Waals surface area contributed by atoms with E-state index in [9.17, 15) is 14.4 Å². The van der Waals surface area contributed by atoms with Crippen molar-refractivity contribution in [2.75, 3.05) is 0 Å². The van der Waals surface area contributed by atoms with E-state index in [0.29, 0.717) is 12.0 Å². The monoisotopic (exact) mass is 220 g/mol. The minimum absolute atomic E-state index is 0.0624. The third-order valence-corrected chi connectivity index (χ3v) is 2.64. The summed E-state index contributed by atoms with van der Waals surface area (Å²) in [6.07, 6.45) is 0.729. The molecule has 0 amide bonds. The van der Waals surface area contributed by atoms with Crippen molar-refractivity contribution >= 4 is 17.7 Å². The van der Waals surface area contributed by atoms with Crippen molar-refractivity contribution in [1.82, 2.24) is 0 Å². The van der Waals surface area contributed by atoms with Crippen molar-refractivity contribution in [2.45, 2.75) is 12.8 Å². The van der Waals surface area contributed by atoms with Crippen LogP contribution in [-0.4, -0.2) is 27.9 Å². The predicted molar refractivity (Wildman–Crippen MR) is 53.0 cm³/mol. The van der Waals surface area contributed by atoms with E-state index in [0.717, 1.165) is 0 Å². The number of carbonyl (C=O) groups excluding carboxylic acids is 1.